The minimum absolute atomic E-state index is 0.0985. The van der Waals surface area contributed by atoms with Gasteiger partial charge in [0.2, 0.25) is 0 Å². The van der Waals surface area contributed by atoms with Crippen LogP contribution in [0.5, 0.6) is 11.5 Å². The first-order valence-corrected chi connectivity index (χ1v) is 8.96. The number of imide groups is 1. The molecule has 0 radical (unpaired) electrons. The topological polar surface area (TPSA) is 55.8 Å². The number of amides is 2. The average Bonchev–Trinajstić information content (AvgIpc) is 2.89. The molecule has 0 saturated heterocycles. The number of benzene rings is 2. The first kappa shape index (κ1) is 19.0. The summed E-state index contributed by atoms with van der Waals surface area (Å²) in [7, 11) is 1.52. The summed E-state index contributed by atoms with van der Waals surface area (Å²) in [5.74, 6) is 0.640. The second-order valence-electron chi connectivity index (χ2n) is 6.57. The number of anilines is 1. The van der Waals surface area contributed by atoms with Crippen LogP contribution in [0.1, 0.15) is 19.4 Å². The number of halogens is 1. The molecule has 2 aromatic carbocycles. The van der Waals surface area contributed by atoms with E-state index in [0.717, 1.165) is 4.90 Å². The van der Waals surface area contributed by atoms with Gasteiger partial charge in [0.1, 0.15) is 16.5 Å². The van der Waals surface area contributed by atoms with E-state index in [2.05, 4.69) is 13.8 Å². The number of ether oxygens (including phenoxy) is 2. The van der Waals surface area contributed by atoms with Gasteiger partial charge in [0.15, 0.2) is 0 Å². The molecule has 27 heavy (non-hydrogen) atoms. The van der Waals surface area contributed by atoms with Gasteiger partial charge in [0, 0.05) is 6.07 Å². The summed E-state index contributed by atoms with van der Waals surface area (Å²) in [5.41, 5.74) is 1.16. The van der Waals surface area contributed by atoms with Crippen molar-refractivity contribution in [1.82, 2.24) is 0 Å². The molecule has 2 aromatic rings. The first-order valence-electron chi connectivity index (χ1n) is 8.58. The number of hydrogen-bond acceptors (Lipinski definition) is 4. The monoisotopic (exact) mass is 385 g/mol. The van der Waals surface area contributed by atoms with E-state index in [9.17, 15) is 9.59 Å². The second kappa shape index (κ2) is 7.84. The van der Waals surface area contributed by atoms with E-state index >= 15 is 0 Å². The Balaban J connectivity index is 1.88. The van der Waals surface area contributed by atoms with Crippen molar-refractivity contribution in [2.24, 2.45) is 5.92 Å². The van der Waals surface area contributed by atoms with Crippen molar-refractivity contribution in [3.05, 3.63) is 59.1 Å². The fourth-order valence-electron chi connectivity index (χ4n) is 2.72. The Bertz CT molecular complexity index is 903. The molecule has 3 rings (SSSR count). The normalized spacial score (nSPS) is 14.3. The summed E-state index contributed by atoms with van der Waals surface area (Å²) in [5, 5.41) is -0.0985. The molecule has 0 aromatic heterocycles. The minimum atomic E-state index is -0.551. The standard InChI is InChI=1S/C21H20ClNO4/c1-13(2)12-27-16-9-7-14(8-10-16)18-19(22)21(25)23(20(18)24)15-5-4-6-17(11-15)26-3/h4-11,13H,12H2,1-3H3. The molecule has 140 valence electrons. The molecule has 0 spiro atoms. The summed E-state index contributed by atoms with van der Waals surface area (Å²) in [6.07, 6.45) is 0. The molecule has 2 amide bonds. The molecule has 5 nitrogen and oxygen atoms in total. The van der Waals surface area contributed by atoms with Crippen LogP contribution in [0, 0.1) is 5.92 Å². The molecule has 0 unspecified atom stereocenters. The summed E-state index contributed by atoms with van der Waals surface area (Å²) in [6, 6.07) is 13.7. The van der Waals surface area contributed by atoms with Crippen molar-refractivity contribution in [2.45, 2.75) is 13.8 Å². The summed E-state index contributed by atoms with van der Waals surface area (Å²) in [4.78, 5) is 26.6. The van der Waals surface area contributed by atoms with Crippen LogP contribution >= 0.6 is 11.6 Å². The van der Waals surface area contributed by atoms with E-state index in [1.807, 2.05) is 0 Å². The Labute approximate surface area is 163 Å². The zero-order chi connectivity index (χ0) is 19.6. The van der Waals surface area contributed by atoms with Crippen molar-refractivity contribution >= 4 is 34.7 Å². The quantitative estimate of drug-likeness (QED) is 0.697. The molecule has 1 heterocycles. The van der Waals surface area contributed by atoms with Crippen LogP contribution in [0.2, 0.25) is 0 Å². The van der Waals surface area contributed by atoms with Crippen molar-refractivity contribution in [2.75, 3.05) is 18.6 Å². The largest absolute Gasteiger partial charge is 0.497 e. The first-order chi connectivity index (χ1) is 12.9. The van der Waals surface area contributed by atoms with E-state index in [4.69, 9.17) is 21.1 Å². The van der Waals surface area contributed by atoms with Crippen molar-refractivity contribution in [3.63, 3.8) is 0 Å². The van der Waals surface area contributed by atoms with Crippen LogP contribution < -0.4 is 14.4 Å². The Kier molecular flexibility index (Phi) is 5.51. The van der Waals surface area contributed by atoms with E-state index in [1.54, 1.807) is 48.5 Å². The third kappa shape index (κ3) is 3.83. The van der Waals surface area contributed by atoms with Gasteiger partial charge in [-0.25, -0.2) is 4.90 Å². The van der Waals surface area contributed by atoms with Gasteiger partial charge >= 0.3 is 0 Å². The smallest absolute Gasteiger partial charge is 0.277 e. The molecule has 0 saturated carbocycles. The van der Waals surface area contributed by atoms with E-state index in [0.29, 0.717) is 35.3 Å². The predicted octanol–water partition coefficient (Wildman–Crippen LogP) is 4.25. The van der Waals surface area contributed by atoms with Crippen molar-refractivity contribution < 1.29 is 19.1 Å². The Morgan fingerprint density at radius 2 is 1.70 bits per heavy atom. The third-order valence-electron chi connectivity index (χ3n) is 4.07. The zero-order valence-corrected chi connectivity index (χ0v) is 16.1. The van der Waals surface area contributed by atoms with Crippen molar-refractivity contribution in [3.8, 4) is 11.5 Å². The number of carbonyl (C=O) groups is 2. The number of hydrogen-bond donors (Lipinski definition) is 0. The number of methoxy groups -OCH3 is 1. The minimum Gasteiger partial charge on any atom is -0.497 e. The number of nitrogens with zero attached hydrogens (tertiary/aromatic N) is 1. The average molecular weight is 386 g/mol. The van der Waals surface area contributed by atoms with Gasteiger partial charge in [-0.05, 0) is 35.7 Å². The van der Waals surface area contributed by atoms with Crippen LogP contribution in [0.25, 0.3) is 5.57 Å². The van der Waals surface area contributed by atoms with Gasteiger partial charge in [0.05, 0.1) is 25.0 Å². The maximum atomic E-state index is 12.9. The zero-order valence-electron chi connectivity index (χ0n) is 15.4. The SMILES string of the molecule is COc1cccc(N2C(=O)C(Cl)=C(c3ccc(OCC(C)C)cc3)C2=O)c1. The predicted molar refractivity (Wildman–Crippen MR) is 105 cm³/mol. The molecular formula is C21H20ClNO4. The van der Waals surface area contributed by atoms with Gasteiger partial charge in [-0.15, -0.1) is 0 Å². The maximum Gasteiger partial charge on any atom is 0.277 e. The summed E-state index contributed by atoms with van der Waals surface area (Å²) < 4.78 is 10.8. The Hall–Kier alpha value is -2.79. The van der Waals surface area contributed by atoms with Gasteiger partial charge < -0.3 is 9.47 Å². The molecule has 0 aliphatic carbocycles. The van der Waals surface area contributed by atoms with Gasteiger partial charge in [-0.3, -0.25) is 9.59 Å². The summed E-state index contributed by atoms with van der Waals surface area (Å²) >= 11 is 6.22. The fourth-order valence-corrected chi connectivity index (χ4v) is 2.99. The molecule has 1 aliphatic rings. The Morgan fingerprint density at radius 3 is 2.33 bits per heavy atom. The van der Waals surface area contributed by atoms with Gasteiger partial charge in [-0.2, -0.15) is 0 Å². The fraction of sp³-hybridized carbons (Fsp3) is 0.238. The third-order valence-corrected chi connectivity index (χ3v) is 4.42. The van der Waals surface area contributed by atoms with E-state index < -0.39 is 11.8 Å². The summed E-state index contributed by atoms with van der Waals surface area (Å²) in [6.45, 7) is 4.73. The highest BCUT2D eigenvalue weighted by Gasteiger charge is 2.39. The number of rotatable bonds is 6. The molecule has 0 fully saturated rings. The highest BCUT2D eigenvalue weighted by atomic mass is 35.5. The van der Waals surface area contributed by atoms with Crippen LogP contribution in [0.15, 0.2) is 53.6 Å². The van der Waals surface area contributed by atoms with E-state index in [-0.39, 0.29) is 10.6 Å². The molecule has 0 atom stereocenters. The molecule has 6 heteroatoms. The highest BCUT2D eigenvalue weighted by molar-refractivity contribution is 6.60. The van der Waals surface area contributed by atoms with Gasteiger partial charge in [0.25, 0.3) is 11.8 Å². The lowest BCUT2D eigenvalue weighted by molar-refractivity contribution is -0.119. The second-order valence-corrected chi connectivity index (χ2v) is 6.94. The van der Waals surface area contributed by atoms with Crippen LogP contribution in [-0.4, -0.2) is 25.5 Å². The number of carbonyl (C=O) groups excluding carboxylic acids is 2. The highest BCUT2D eigenvalue weighted by Crippen LogP contribution is 2.36. The van der Waals surface area contributed by atoms with Crippen LogP contribution in [0.3, 0.4) is 0 Å². The molecule has 1 aliphatic heterocycles. The Morgan fingerprint density at radius 1 is 1.00 bits per heavy atom. The molecular weight excluding hydrogens is 366 g/mol. The maximum absolute atomic E-state index is 12.9. The molecule has 0 bridgehead atoms. The van der Waals surface area contributed by atoms with E-state index in [1.165, 1.54) is 7.11 Å². The molecule has 0 N–H and O–H groups in total. The lowest BCUT2D eigenvalue weighted by atomic mass is 10.1. The van der Waals surface area contributed by atoms with Gasteiger partial charge in [-0.1, -0.05) is 43.6 Å². The lowest BCUT2D eigenvalue weighted by Gasteiger charge is -2.15. The lowest BCUT2D eigenvalue weighted by Crippen LogP contribution is -2.31. The van der Waals surface area contributed by atoms with Crippen molar-refractivity contribution in [1.29, 1.82) is 0 Å². The van der Waals surface area contributed by atoms with Crippen LogP contribution in [0.4, 0.5) is 5.69 Å². The van der Waals surface area contributed by atoms with Crippen LogP contribution in [-0.2, 0) is 9.59 Å².